The largest absolute Gasteiger partial charge is 0.508 e. The molecule has 130 valence electrons. The van der Waals surface area contributed by atoms with Gasteiger partial charge in [-0.2, -0.15) is 4.68 Å². The summed E-state index contributed by atoms with van der Waals surface area (Å²) < 4.78 is 1.54. The zero-order valence-corrected chi connectivity index (χ0v) is 15.0. The molecule has 2 aromatic rings. The molecule has 1 aromatic heterocycles. The number of thioether (sulfide) groups is 1. The molecule has 0 bridgehead atoms. The fourth-order valence-electron chi connectivity index (χ4n) is 2.13. The van der Waals surface area contributed by atoms with Crippen LogP contribution in [0, 0.1) is 5.92 Å². The summed E-state index contributed by atoms with van der Waals surface area (Å²) in [5, 5.41) is 24.4. The monoisotopic (exact) mass is 349 g/mol. The molecule has 0 saturated carbocycles. The minimum atomic E-state index is -0.0310. The smallest absolute Gasteiger partial charge is 0.230 e. The number of carbonyl (C=O) groups excluding carboxylic acids is 1. The highest BCUT2D eigenvalue weighted by molar-refractivity contribution is 7.99. The maximum absolute atomic E-state index is 12.0. The van der Waals surface area contributed by atoms with Gasteiger partial charge in [-0.25, -0.2) is 0 Å². The first-order chi connectivity index (χ1) is 11.5. The van der Waals surface area contributed by atoms with Crippen LogP contribution >= 0.6 is 11.8 Å². The van der Waals surface area contributed by atoms with Gasteiger partial charge >= 0.3 is 0 Å². The number of aromatic nitrogens is 4. The molecule has 24 heavy (non-hydrogen) atoms. The van der Waals surface area contributed by atoms with Crippen molar-refractivity contribution in [3.63, 3.8) is 0 Å². The van der Waals surface area contributed by atoms with E-state index >= 15 is 0 Å². The molecule has 0 fully saturated rings. The van der Waals surface area contributed by atoms with E-state index in [0.717, 1.165) is 18.5 Å². The molecule has 8 heteroatoms. The Hall–Kier alpha value is -2.09. The van der Waals surface area contributed by atoms with Crippen molar-refractivity contribution < 1.29 is 9.90 Å². The van der Waals surface area contributed by atoms with Crippen LogP contribution in [0.25, 0.3) is 5.69 Å². The van der Waals surface area contributed by atoms with Crippen LogP contribution in [0.3, 0.4) is 0 Å². The van der Waals surface area contributed by atoms with E-state index in [1.165, 1.54) is 11.8 Å². The van der Waals surface area contributed by atoms with E-state index in [0.29, 0.717) is 11.1 Å². The van der Waals surface area contributed by atoms with Gasteiger partial charge < -0.3 is 10.4 Å². The van der Waals surface area contributed by atoms with E-state index in [1.807, 2.05) is 6.92 Å². The molecule has 0 radical (unpaired) electrons. The first-order valence-corrected chi connectivity index (χ1v) is 8.94. The molecule has 0 unspecified atom stereocenters. The van der Waals surface area contributed by atoms with Gasteiger partial charge in [-0.3, -0.25) is 4.79 Å². The molecule has 7 nitrogen and oxygen atoms in total. The zero-order valence-electron chi connectivity index (χ0n) is 14.1. The molecule has 0 aliphatic carbocycles. The molecule has 1 atom stereocenters. The molecule has 0 spiro atoms. The van der Waals surface area contributed by atoms with Crippen molar-refractivity contribution in [2.75, 3.05) is 5.75 Å². The van der Waals surface area contributed by atoms with Gasteiger partial charge in [0.1, 0.15) is 5.75 Å². The quantitative estimate of drug-likeness (QED) is 0.711. The van der Waals surface area contributed by atoms with Crippen molar-refractivity contribution in [3.05, 3.63) is 24.3 Å². The Morgan fingerprint density at radius 3 is 2.62 bits per heavy atom. The van der Waals surface area contributed by atoms with Crippen LogP contribution in [-0.2, 0) is 4.79 Å². The van der Waals surface area contributed by atoms with E-state index in [4.69, 9.17) is 0 Å². The van der Waals surface area contributed by atoms with E-state index in [-0.39, 0.29) is 23.5 Å². The van der Waals surface area contributed by atoms with Crippen molar-refractivity contribution in [1.82, 2.24) is 25.5 Å². The fraction of sp³-hybridized carbons (Fsp3) is 0.500. The molecule has 0 aliphatic rings. The summed E-state index contributed by atoms with van der Waals surface area (Å²) in [5.74, 6) is 1.03. The maximum Gasteiger partial charge on any atom is 0.230 e. The van der Waals surface area contributed by atoms with Gasteiger partial charge in [0.05, 0.1) is 11.4 Å². The molecule has 0 saturated heterocycles. The lowest BCUT2D eigenvalue weighted by Gasteiger charge is -2.14. The summed E-state index contributed by atoms with van der Waals surface area (Å²) >= 11 is 1.28. The summed E-state index contributed by atoms with van der Waals surface area (Å²) in [6, 6.07) is 6.71. The van der Waals surface area contributed by atoms with Crippen molar-refractivity contribution in [2.24, 2.45) is 5.92 Å². The van der Waals surface area contributed by atoms with Crippen LogP contribution in [0.5, 0.6) is 5.75 Å². The van der Waals surface area contributed by atoms with Gasteiger partial charge in [0, 0.05) is 6.04 Å². The predicted molar refractivity (Wildman–Crippen MR) is 93.2 cm³/mol. The second-order valence-corrected chi connectivity index (χ2v) is 7.06. The first kappa shape index (κ1) is 18.3. The van der Waals surface area contributed by atoms with Crippen LogP contribution in [0.1, 0.15) is 33.6 Å². The Kier molecular flexibility index (Phi) is 6.60. The number of nitrogens with zero attached hydrogens (tertiary/aromatic N) is 4. The Labute approximate surface area is 145 Å². The molecule has 2 rings (SSSR count). The average molecular weight is 349 g/mol. The number of phenols is 1. The lowest BCUT2D eigenvalue weighted by atomic mass is 10.0. The number of tetrazole rings is 1. The predicted octanol–water partition coefficient (Wildman–Crippen LogP) is 2.40. The van der Waals surface area contributed by atoms with E-state index in [1.54, 1.807) is 28.9 Å². The summed E-state index contributed by atoms with van der Waals surface area (Å²) in [6.45, 7) is 6.37. The number of amides is 1. The summed E-state index contributed by atoms with van der Waals surface area (Å²) in [7, 11) is 0. The number of hydrogen-bond donors (Lipinski definition) is 2. The third-order valence-corrected chi connectivity index (χ3v) is 4.37. The number of benzene rings is 1. The third-order valence-electron chi connectivity index (χ3n) is 3.45. The van der Waals surface area contributed by atoms with Crippen molar-refractivity contribution >= 4 is 17.7 Å². The van der Waals surface area contributed by atoms with Crippen molar-refractivity contribution in [2.45, 2.75) is 44.8 Å². The normalized spacial score (nSPS) is 12.3. The van der Waals surface area contributed by atoms with Crippen LogP contribution < -0.4 is 5.32 Å². The highest BCUT2D eigenvalue weighted by Gasteiger charge is 2.13. The van der Waals surface area contributed by atoms with Gasteiger partial charge in [0.2, 0.25) is 11.1 Å². The zero-order chi connectivity index (χ0) is 17.5. The number of aromatic hydroxyl groups is 1. The molecule has 0 aliphatic heterocycles. The number of rotatable bonds is 8. The highest BCUT2D eigenvalue weighted by atomic mass is 32.2. The van der Waals surface area contributed by atoms with Crippen LogP contribution in [0.2, 0.25) is 0 Å². The SMILES string of the molecule is CC(C)CC[C@@H](C)NC(=O)CSc1nnnn1-c1ccc(O)cc1. The van der Waals surface area contributed by atoms with Crippen molar-refractivity contribution in [1.29, 1.82) is 0 Å². The van der Waals surface area contributed by atoms with Crippen LogP contribution in [0.4, 0.5) is 0 Å². The third kappa shape index (κ3) is 5.52. The van der Waals surface area contributed by atoms with Gasteiger partial charge in [-0.1, -0.05) is 25.6 Å². The summed E-state index contributed by atoms with van der Waals surface area (Å²) in [5.41, 5.74) is 0.728. The molecular weight excluding hydrogens is 326 g/mol. The summed E-state index contributed by atoms with van der Waals surface area (Å²) in [6.07, 6.45) is 2.06. The van der Waals surface area contributed by atoms with Gasteiger partial charge in [0.25, 0.3) is 0 Å². The number of phenolic OH excluding ortho intramolecular Hbond substituents is 1. The number of hydrogen-bond acceptors (Lipinski definition) is 6. The van der Waals surface area contributed by atoms with Crippen molar-refractivity contribution in [3.8, 4) is 11.4 Å². The lowest BCUT2D eigenvalue weighted by molar-refractivity contribution is -0.119. The Morgan fingerprint density at radius 1 is 1.25 bits per heavy atom. The van der Waals surface area contributed by atoms with Crippen LogP contribution in [0.15, 0.2) is 29.4 Å². The van der Waals surface area contributed by atoms with Crippen LogP contribution in [-0.4, -0.2) is 43.0 Å². The second kappa shape index (κ2) is 8.68. The topological polar surface area (TPSA) is 92.9 Å². The standard InChI is InChI=1S/C16H23N5O2S/c1-11(2)4-5-12(3)17-15(23)10-24-16-18-19-20-21(16)13-6-8-14(22)9-7-13/h6-9,11-12,22H,4-5,10H2,1-3H3,(H,17,23)/t12-/m1/s1. The number of nitrogens with one attached hydrogen (secondary N) is 1. The Balaban J connectivity index is 1.87. The van der Waals surface area contributed by atoms with Gasteiger partial charge in [-0.05, 0) is 60.4 Å². The lowest BCUT2D eigenvalue weighted by Crippen LogP contribution is -2.34. The Bertz CT molecular complexity index is 657. The van der Waals surface area contributed by atoms with E-state index < -0.39 is 0 Å². The average Bonchev–Trinajstić information content (AvgIpc) is 3.00. The second-order valence-electron chi connectivity index (χ2n) is 6.12. The first-order valence-electron chi connectivity index (χ1n) is 7.95. The maximum atomic E-state index is 12.0. The molecule has 1 heterocycles. The number of carbonyl (C=O) groups is 1. The minimum absolute atomic E-state index is 0.0310. The molecule has 2 N–H and O–H groups in total. The molecular formula is C16H23N5O2S. The van der Waals surface area contributed by atoms with E-state index in [2.05, 4.69) is 34.7 Å². The van der Waals surface area contributed by atoms with Gasteiger partial charge in [-0.15, -0.1) is 5.10 Å². The fourth-order valence-corrected chi connectivity index (χ4v) is 2.83. The highest BCUT2D eigenvalue weighted by Crippen LogP contribution is 2.19. The molecule has 1 amide bonds. The summed E-state index contributed by atoms with van der Waals surface area (Å²) in [4.78, 5) is 12.0. The minimum Gasteiger partial charge on any atom is -0.508 e. The van der Waals surface area contributed by atoms with Gasteiger partial charge in [0.15, 0.2) is 0 Å². The molecule has 1 aromatic carbocycles. The van der Waals surface area contributed by atoms with E-state index in [9.17, 15) is 9.90 Å². The Morgan fingerprint density at radius 2 is 1.96 bits per heavy atom.